The van der Waals surface area contributed by atoms with Gasteiger partial charge in [0.2, 0.25) is 5.91 Å². The van der Waals surface area contributed by atoms with E-state index in [0.29, 0.717) is 23.4 Å². The predicted octanol–water partition coefficient (Wildman–Crippen LogP) is 2.98. The van der Waals surface area contributed by atoms with Crippen LogP contribution in [0.15, 0.2) is 54.6 Å². The molecule has 0 radical (unpaired) electrons. The van der Waals surface area contributed by atoms with Gasteiger partial charge in [0.25, 0.3) is 11.8 Å². The van der Waals surface area contributed by atoms with Gasteiger partial charge in [0.15, 0.2) is 5.82 Å². The van der Waals surface area contributed by atoms with Crippen LogP contribution in [0, 0.1) is 0 Å². The summed E-state index contributed by atoms with van der Waals surface area (Å²) >= 11 is 0. The van der Waals surface area contributed by atoms with E-state index in [-0.39, 0.29) is 30.7 Å². The SMILES string of the molecule is O=C(CCCN1C(=O)c2ccccc2C1=O)Nc1n[nH]c2c1CCN(Cc1ccccc1)C2. The predicted molar refractivity (Wildman–Crippen MR) is 123 cm³/mol. The molecule has 8 nitrogen and oxygen atoms in total. The maximum absolute atomic E-state index is 12.5. The molecule has 2 aliphatic heterocycles. The quantitative estimate of drug-likeness (QED) is 0.547. The van der Waals surface area contributed by atoms with Gasteiger partial charge < -0.3 is 5.32 Å². The van der Waals surface area contributed by atoms with E-state index in [1.165, 1.54) is 10.5 Å². The van der Waals surface area contributed by atoms with E-state index in [0.717, 1.165) is 37.3 Å². The Morgan fingerprint density at radius 2 is 1.70 bits per heavy atom. The number of hydrogen-bond donors (Lipinski definition) is 2. The summed E-state index contributed by atoms with van der Waals surface area (Å²) in [5.74, 6) is -0.183. The highest BCUT2D eigenvalue weighted by molar-refractivity contribution is 6.21. The van der Waals surface area contributed by atoms with E-state index in [1.54, 1.807) is 24.3 Å². The van der Waals surface area contributed by atoms with Gasteiger partial charge in [0, 0.05) is 38.2 Å². The number of hydrogen-bond acceptors (Lipinski definition) is 5. The van der Waals surface area contributed by atoms with E-state index in [4.69, 9.17) is 0 Å². The van der Waals surface area contributed by atoms with Crippen LogP contribution in [0.5, 0.6) is 0 Å². The van der Waals surface area contributed by atoms with Crippen molar-refractivity contribution < 1.29 is 14.4 Å². The molecule has 2 aromatic carbocycles. The largest absolute Gasteiger partial charge is 0.309 e. The Labute approximate surface area is 191 Å². The molecule has 0 atom stereocenters. The van der Waals surface area contributed by atoms with Crippen molar-refractivity contribution in [2.24, 2.45) is 0 Å². The van der Waals surface area contributed by atoms with E-state index in [9.17, 15) is 14.4 Å². The molecule has 2 N–H and O–H groups in total. The number of nitrogens with one attached hydrogen (secondary N) is 2. The minimum Gasteiger partial charge on any atom is -0.309 e. The van der Waals surface area contributed by atoms with Crippen LogP contribution >= 0.6 is 0 Å². The van der Waals surface area contributed by atoms with E-state index < -0.39 is 0 Å². The number of nitrogens with zero attached hydrogens (tertiary/aromatic N) is 3. The highest BCUT2D eigenvalue weighted by Gasteiger charge is 2.34. The summed E-state index contributed by atoms with van der Waals surface area (Å²) in [6, 6.07) is 17.1. The molecule has 2 aliphatic rings. The number of aromatic nitrogens is 2. The topological polar surface area (TPSA) is 98.4 Å². The number of carbonyl (C=O) groups excluding carboxylic acids is 3. The van der Waals surface area contributed by atoms with Gasteiger partial charge in [-0.15, -0.1) is 0 Å². The van der Waals surface area contributed by atoms with Crippen LogP contribution in [0.25, 0.3) is 0 Å². The fraction of sp³-hybridized carbons (Fsp3) is 0.280. The molecule has 1 aromatic heterocycles. The maximum atomic E-state index is 12.5. The normalized spacial score (nSPS) is 15.5. The van der Waals surface area contributed by atoms with Crippen molar-refractivity contribution in [1.29, 1.82) is 0 Å². The summed E-state index contributed by atoms with van der Waals surface area (Å²) in [5, 5.41) is 10.3. The van der Waals surface area contributed by atoms with Crippen molar-refractivity contribution in [1.82, 2.24) is 20.0 Å². The van der Waals surface area contributed by atoms with Crippen molar-refractivity contribution in [2.75, 3.05) is 18.4 Å². The van der Waals surface area contributed by atoms with Gasteiger partial charge >= 0.3 is 0 Å². The Morgan fingerprint density at radius 3 is 2.42 bits per heavy atom. The third-order valence-electron chi connectivity index (χ3n) is 6.18. The summed E-state index contributed by atoms with van der Waals surface area (Å²) in [6.07, 6.45) is 1.41. The molecule has 0 bridgehead atoms. The molecule has 8 heteroatoms. The molecule has 0 aliphatic carbocycles. The Bertz CT molecular complexity index is 1170. The molecule has 0 unspecified atom stereocenters. The third kappa shape index (κ3) is 4.29. The number of H-pyrrole nitrogens is 1. The number of carbonyl (C=O) groups is 3. The van der Waals surface area contributed by atoms with Crippen LogP contribution in [0.1, 0.15) is 50.4 Å². The zero-order chi connectivity index (χ0) is 22.8. The summed E-state index contributed by atoms with van der Waals surface area (Å²) in [7, 11) is 0. The van der Waals surface area contributed by atoms with Crippen molar-refractivity contribution in [3.63, 3.8) is 0 Å². The Morgan fingerprint density at radius 1 is 1.00 bits per heavy atom. The summed E-state index contributed by atoms with van der Waals surface area (Å²) in [6.45, 7) is 2.74. The molecule has 3 amide bonds. The number of aromatic amines is 1. The second-order valence-electron chi connectivity index (χ2n) is 8.43. The van der Waals surface area contributed by atoms with Gasteiger partial charge in [-0.25, -0.2) is 0 Å². The van der Waals surface area contributed by atoms with Crippen molar-refractivity contribution >= 4 is 23.5 Å². The van der Waals surface area contributed by atoms with E-state index in [1.807, 2.05) is 18.2 Å². The first kappa shape index (κ1) is 21.1. The minimum absolute atomic E-state index is 0.173. The maximum Gasteiger partial charge on any atom is 0.261 e. The number of benzene rings is 2. The standard InChI is InChI=1S/C25H25N5O3/c31-22(11-6-13-30-24(32)18-9-4-5-10-19(18)25(30)33)26-23-20-12-14-29(16-21(20)27-28-23)15-17-7-2-1-3-8-17/h1-5,7-10H,6,11-16H2,(H2,26,27,28,31). The fourth-order valence-electron chi connectivity index (χ4n) is 4.49. The Hall–Kier alpha value is -3.78. The van der Waals surface area contributed by atoms with Crippen LogP contribution in [-0.2, 0) is 24.3 Å². The highest BCUT2D eigenvalue weighted by atomic mass is 16.2. The zero-order valence-corrected chi connectivity index (χ0v) is 18.2. The monoisotopic (exact) mass is 443 g/mol. The van der Waals surface area contributed by atoms with Crippen LogP contribution in [0.3, 0.4) is 0 Å². The number of imide groups is 1. The van der Waals surface area contributed by atoms with E-state index in [2.05, 4.69) is 32.5 Å². The highest BCUT2D eigenvalue weighted by Crippen LogP contribution is 2.25. The molecule has 3 heterocycles. The first-order chi connectivity index (χ1) is 16.1. The number of anilines is 1. The zero-order valence-electron chi connectivity index (χ0n) is 18.2. The summed E-state index contributed by atoms with van der Waals surface area (Å²) in [4.78, 5) is 40.9. The number of fused-ring (bicyclic) bond motifs is 2. The van der Waals surface area contributed by atoms with E-state index >= 15 is 0 Å². The third-order valence-corrected chi connectivity index (χ3v) is 6.18. The molecule has 0 saturated carbocycles. The van der Waals surface area contributed by atoms with Crippen molar-refractivity contribution in [2.45, 2.75) is 32.4 Å². The lowest BCUT2D eigenvalue weighted by atomic mass is 10.1. The lowest BCUT2D eigenvalue weighted by Crippen LogP contribution is -2.31. The molecule has 0 saturated heterocycles. The van der Waals surface area contributed by atoms with Gasteiger partial charge in [-0.05, 0) is 30.5 Å². The van der Waals surface area contributed by atoms with Crippen molar-refractivity contribution in [3.05, 3.63) is 82.5 Å². The lowest BCUT2D eigenvalue weighted by Gasteiger charge is -2.26. The first-order valence-electron chi connectivity index (χ1n) is 11.2. The van der Waals surface area contributed by atoms with Gasteiger partial charge in [-0.1, -0.05) is 42.5 Å². The van der Waals surface area contributed by atoms with Gasteiger partial charge in [-0.2, -0.15) is 5.10 Å². The van der Waals surface area contributed by atoms with Gasteiger partial charge in [0.05, 0.1) is 16.8 Å². The smallest absolute Gasteiger partial charge is 0.261 e. The average molecular weight is 444 g/mol. The summed E-state index contributed by atoms with van der Waals surface area (Å²) < 4.78 is 0. The van der Waals surface area contributed by atoms with Crippen molar-refractivity contribution in [3.8, 4) is 0 Å². The molecule has 3 aromatic rings. The lowest BCUT2D eigenvalue weighted by molar-refractivity contribution is -0.116. The summed E-state index contributed by atoms with van der Waals surface area (Å²) in [5.41, 5.74) is 4.20. The Kier molecular flexibility index (Phi) is 5.75. The van der Waals surface area contributed by atoms with Gasteiger partial charge in [-0.3, -0.25) is 29.3 Å². The molecular formula is C25H25N5O3. The molecule has 168 valence electrons. The van der Waals surface area contributed by atoms with Crippen LogP contribution in [0.2, 0.25) is 0 Å². The number of rotatable bonds is 7. The molecule has 5 rings (SSSR count). The Balaban J connectivity index is 1.12. The fourth-order valence-corrected chi connectivity index (χ4v) is 4.49. The second kappa shape index (κ2) is 8.99. The van der Waals surface area contributed by atoms with Crippen LogP contribution in [-0.4, -0.2) is 50.8 Å². The first-order valence-corrected chi connectivity index (χ1v) is 11.2. The second-order valence-corrected chi connectivity index (χ2v) is 8.43. The van der Waals surface area contributed by atoms with Gasteiger partial charge in [0.1, 0.15) is 0 Å². The molecule has 0 spiro atoms. The minimum atomic E-state index is -0.294. The molecule has 0 fully saturated rings. The van der Waals surface area contributed by atoms with Crippen LogP contribution in [0.4, 0.5) is 5.82 Å². The van der Waals surface area contributed by atoms with Crippen LogP contribution < -0.4 is 5.32 Å². The number of amides is 3. The molecule has 33 heavy (non-hydrogen) atoms. The molecular weight excluding hydrogens is 418 g/mol. The average Bonchev–Trinajstić information content (AvgIpc) is 3.33.